The molecule has 0 bridgehead atoms. The fourth-order valence-corrected chi connectivity index (χ4v) is 5.60. The van der Waals surface area contributed by atoms with Gasteiger partial charge in [0.2, 0.25) is 0 Å². The van der Waals surface area contributed by atoms with Crippen molar-refractivity contribution >= 4 is 26.6 Å². The standard InChI is InChI=1S/C25H28N2O3S/c1-4-30-23-13-12-20(18(2)3)16-24(23)31(28,29)27-15-14-26-25(27)17-21-10-7-9-19-8-5-6-11-22(19)21/h5-13,16,18H,4,14-15,17H2,1-3H3. The smallest absolute Gasteiger partial charge is 0.269 e. The summed E-state index contributed by atoms with van der Waals surface area (Å²) in [5.41, 5.74) is 2.04. The Hall–Kier alpha value is -2.86. The van der Waals surface area contributed by atoms with Gasteiger partial charge in [0.25, 0.3) is 10.0 Å². The molecule has 3 aromatic carbocycles. The zero-order valence-electron chi connectivity index (χ0n) is 18.2. The second-order valence-electron chi connectivity index (χ2n) is 7.98. The van der Waals surface area contributed by atoms with Crippen LogP contribution in [0, 0.1) is 0 Å². The molecule has 0 saturated heterocycles. The van der Waals surface area contributed by atoms with E-state index in [2.05, 4.69) is 37.0 Å². The van der Waals surface area contributed by atoms with E-state index in [0.29, 0.717) is 37.7 Å². The van der Waals surface area contributed by atoms with Crippen LogP contribution in [-0.4, -0.2) is 38.3 Å². The summed E-state index contributed by atoms with van der Waals surface area (Å²) in [6.07, 6.45) is 0.467. The quantitative estimate of drug-likeness (QED) is 0.523. The molecule has 31 heavy (non-hydrogen) atoms. The molecule has 0 N–H and O–H groups in total. The Morgan fingerprint density at radius 2 is 1.84 bits per heavy atom. The van der Waals surface area contributed by atoms with Gasteiger partial charge in [0, 0.05) is 6.42 Å². The van der Waals surface area contributed by atoms with Gasteiger partial charge in [-0.1, -0.05) is 62.4 Å². The summed E-state index contributed by atoms with van der Waals surface area (Å²) in [6.45, 7) is 7.17. The lowest BCUT2D eigenvalue weighted by Crippen LogP contribution is -2.35. The van der Waals surface area contributed by atoms with Crippen LogP contribution in [0.1, 0.15) is 37.8 Å². The van der Waals surface area contributed by atoms with Crippen LogP contribution < -0.4 is 4.74 Å². The molecule has 3 aromatic rings. The highest BCUT2D eigenvalue weighted by Crippen LogP contribution is 2.32. The maximum atomic E-state index is 13.7. The Balaban J connectivity index is 1.72. The number of ether oxygens (including phenoxy) is 1. The summed E-state index contributed by atoms with van der Waals surface area (Å²) in [6, 6.07) is 19.7. The minimum atomic E-state index is -3.79. The van der Waals surface area contributed by atoms with Crippen molar-refractivity contribution in [3.05, 3.63) is 71.8 Å². The first-order valence-electron chi connectivity index (χ1n) is 10.7. The number of amidine groups is 1. The molecule has 0 atom stereocenters. The maximum Gasteiger partial charge on any atom is 0.269 e. The highest BCUT2D eigenvalue weighted by Gasteiger charge is 2.33. The van der Waals surface area contributed by atoms with Crippen molar-refractivity contribution in [1.29, 1.82) is 0 Å². The molecule has 4 rings (SSSR count). The minimum absolute atomic E-state index is 0.215. The average molecular weight is 437 g/mol. The molecule has 0 saturated carbocycles. The van der Waals surface area contributed by atoms with Crippen LogP contribution in [0.5, 0.6) is 5.75 Å². The summed E-state index contributed by atoms with van der Waals surface area (Å²) in [5, 5.41) is 2.25. The topological polar surface area (TPSA) is 59.0 Å². The van der Waals surface area contributed by atoms with Crippen LogP contribution in [0.2, 0.25) is 0 Å². The lowest BCUT2D eigenvalue weighted by atomic mass is 10.0. The Morgan fingerprint density at radius 1 is 1.06 bits per heavy atom. The predicted molar refractivity (Wildman–Crippen MR) is 126 cm³/mol. The molecule has 1 aliphatic rings. The summed E-state index contributed by atoms with van der Waals surface area (Å²) in [7, 11) is -3.79. The Morgan fingerprint density at radius 3 is 2.61 bits per heavy atom. The number of fused-ring (bicyclic) bond motifs is 1. The van der Waals surface area contributed by atoms with Crippen LogP contribution in [0.3, 0.4) is 0 Å². The van der Waals surface area contributed by atoms with Gasteiger partial charge in [0.1, 0.15) is 16.5 Å². The summed E-state index contributed by atoms with van der Waals surface area (Å²) in [5.74, 6) is 1.18. The molecule has 0 aliphatic carbocycles. The van der Waals surface area contributed by atoms with E-state index in [4.69, 9.17) is 4.74 Å². The number of benzene rings is 3. The van der Waals surface area contributed by atoms with Crippen molar-refractivity contribution < 1.29 is 13.2 Å². The van der Waals surface area contributed by atoms with Crippen LogP contribution in [-0.2, 0) is 16.4 Å². The van der Waals surface area contributed by atoms with Crippen molar-refractivity contribution in [3.8, 4) is 5.75 Å². The summed E-state index contributed by atoms with van der Waals surface area (Å²) >= 11 is 0. The van der Waals surface area contributed by atoms with Crippen LogP contribution in [0.25, 0.3) is 10.8 Å². The number of sulfonamides is 1. The van der Waals surface area contributed by atoms with Gasteiger partial charge in [-0.05, 0) is 46.9 Å². The molecule has 0 aromatic heterocycles. The summed E-state index contributed by atoms with van der Waals surface area (Å²) in [4.78, 5) is 4.78. The molecule has 6 heteroatoms. The van der Waals surface area contributed by atoms with Crippen molar-refractivity contribution in [3.63, 3.8) is 0 Å². The SMILES string of the molecule is CCOc1ccc(C(C)C)cc1S(=O)(=O)N1CCN=C1Cc1cccc2ccccc12. The van der Waals surface area contributed by atoms with Gasteiger partial charge in [0.15, 0.2) is 0 Å². The number of aliphatic imine (C=N–C) groups is 1. The largest absolute Gasteiger partial charge is 0.492 e. The fourth-order valence-electron chi connectivity index (χ4n) is 3.98. The lowest BCUT2D eigenvalue weighted by Gasteiger charge is -2.23. The summed E-state index contributed by atoms with van der Waals surface area (Å²) < 4.78 is 34.6. The van der Waals surface area contributed by atoms with Gasteiger partial charge >= 0.3 is 0 Å². The molecule has 0 unspecified atom stereocenters. The van der Waals surface area contributed by atoms with E-state index in [1.807, 2.05) is 37.3 Å². The van der Waals surface area contributed by atoms with E-state index in [1.165, 1.54) is 4.31 Å². The Labute approximate surface area is 184 Å². The first-order chi connectivity index (χ1) is 14.9. The molecular formula is C25H28N2O3S. The first-order valence-corrected chi connectivity index (χ1v) is 12.1. The normalized spacial score (nSPS) is 14.3. The molecule has 162 valence electrons. The second-order valence-corrected chi connectivity index (χ2v) is 9.81. The number of hydrogen-bond acceptors (Lipinski definition) is 4. The van der Waals surface area contributed by atoms with Gasteiger partial charge < -0.3 is 4.74 Å². The van der Waals surface area contributed by atoms with Crippen molar-refractivity contribution in [1.82, 2.24) is 4.31 Å². The molecule has 5 nitrogen and oxygen atoms in total. The van der Waals surface area contributed by atoms with Gasteiger partial charge in [-0.3, -0.25) is 9.30 Å². The van der Waals surface area contributed by atoms with Gasteiger partial charge in [-0.2, -0.15) is 0 Å². The van der Waals surface area contributed by atoms with Crippen LogP contribution in [0.15, 0.2) is 70.6 Å². The van der Waals surface area contributed by atoms with E-state index in [9.17, 15) is 8.42 Å². The zero-order valence-corrected chi connectivity index (χ0v) is 19.0. The third-order valence-corrected chi connectivity index (χ3v) is 7.46. The predicted octanol–water partition coefficient (Wildman–Crippen LogP) is 5.01. The number of rotatable bonds is 7. The number of nitrogens with zero attached hydrogens (tertiary/aromatic N) is 2. The monoisotopic (exact) mass is 436 g/mol. The van der Waals surface area contributed by atoms with Gasteiger partial charge in [0.05, 0.1) is 19.7 Å². The zero-order chi connectivity index (χ0) is 22.0. The lowest BCUT2D eigenvalue weighted by molar-refractivity contribution is 0.330. The third kappa shape index (κ3) is 4.17. The van der Waals surface area contributed by atoms with Gasteiger partial charge in [-0.15, -0.1) is 0 Å². The number of hydrogen-bond donors (Lipinski definition) is 0. The van der Waals surface area contributed by atoms with E-state index >= 15 is 0 Å². The van der Waals surface area contributed by atoms with E-state index in [1.54, 1.807) is 12.1 Å². The molecule has 0 amide bonds. The average Bonchev–Trinajstić information content (AvgIpc) is 3.23. The van der Waals surface area contributed by atoms with Gasteiger partial charge in [-0.25, -0.2) is 8.42 Å². The van der Waals surface area contributed by atoms with Crippen LogP contribution in [0.4, 0.5) is 0 Å². The van der Waals surface area contributed by atoms with E-state index < -0.39 is 10.0 Å². The van der Waals surface area contributed by atoms with Crippen molar-refractivity contribution in [2.75, 3.05) is 19.7 Å². The molecule has 1 heterocycles. The molecule has 0 fully saturated rings. The third-order valence-electron chi connectivity index (χ3n) is 5.62. The van der Waals surface area contributed by atoms with E-state index in [0.717, 1.165) is 21.9 Å². The molecule has 0 spiro atoms. The molecule has 0 radical (unpaired) electrons. The first kappa shape index (κ1) is 21.4. The van der Waals surface area contributed by atoms with Crippen molar-refractivity contribution in [2.45, 2.75) is 38.0 Å². The van der Waals surface area contributed by atoms with E-state index in [-0.39, 0.29) is 10.8 Å². The highest BCUT2D eigenvalue weighted by molar-refractivity contribution is 7.89. The minimum Gasteiger partial charge on any atom is -0.492 e. The van der Waals surface area contributed by atoms with Crippen molar-refractivity contribution in [2.24, 2.45) is 4.99 Å². The maximum absolute atomic E-state index is 13.7. The van der Waals surface area contributed by atoms with Crippen LogP contribution >= 0.6 is 0 Å². The Kier molecular flexibility index (Phi) is 6.01. The highest BCUT2D eigenvalue weighted by atomic mass is 32.2. The Bertz CT molecular complexity index is 1230. The fraction of sp³-hybridized carbons (Fsp3) is 0.320. The second kappa shape index (κ2) is 8.71. The molecule has 1 aliphatic heterocycles. The molecular weight excluding hydrogens is 408 g/mol.